The first-order valence-corrected chi connectivity index (χ1v) is 12.1. The zero-order valence-electron chi connectivity index (χ0n) is 19.0. The Balaban J connectivity index is 1.92. The average Bonchev–Trinajstić information content (AvgIpc) is 2.79. The number of hydrogen-bond donors (Lipinski definition) is 1. The number of rotatable bonds is 9. The Labute approximate surface area is 194 Å². The molecule has 1 N–H and O–H groups in total. The summed E-state index contributed by atoms with van der Waals surface area (Å²) in [7, 11) is 0.0301. The summed E-state index contributed by atoms with van der Waals surface area (Å²) < 4.78 is 41.4. The predicted octanol–water partition coefficient (Wildman–Crippen LogP) is 4.74. The molecular weight excluding hydrogens is 441 g/mol. The number of carbonyl (C=O) groups is 1. The zero-order valence-corrected chi connectivity index (χ0v) is 19.8. The molecule has 0 heterocycles. The highest BCUT2D eigenvalue weighted by Crippen LogP contribution is 2.27. The monoisotopic (exact) mass is 469 g/mol. The molecule has 0 aliphatic rings. The third kappa shape index (κ3) is 6.10. The van der Waals surface area contributed by atoms with Crippen molar-refractivity contribution in [2.75, 3.05) is 30.3 Å². The van der Waals surface area contributed by atoms with Crippen molar-refractivity contribution >= 4 is 27.3 Å². The molecule has 8 heteroatoms. The third-order valence-electron chi connectivity index (χ3n) is 5.10. The Morgan fingerprint density at radius 2 is 1.64 bits per heavy atom. The maximum Gasteiger partial charge on any atom is 0.261 e. The Hall–Kier alpha value is -3.39. The summed E-state index contributed by atoms with van der Waals surface area (Å²) in [4.78, 5) is 16.9. The van der Waals surface area contributed by atoms with Crippen molar-refractivity contribution in [3.05, 3.63) is 89.7 Å². The van der Waals surface area contributed by atoms with Crippen LogP contribution in [0.25, 0.3) is 0 Å². The molecule has 1 amide bonds. The zero-order chi connectivity index (χ0) is 24.0. The van der Waals surface area contributed by atoms with Gasteiger partial charge in [0.1, 0.15) is 5.82 Å². The van der Waals surface area contributed by atoms with E-state index in [2.05, 4.69) is 4.72 Å². The normalized spacial score (nSPS) is 11.2. The molecule has 0 saturated carbocycles. The number of nitrogens with one attached hydrogen (secondary N) is 1. The van der Waals surface area contributed by atoms with Crippen molar-refractivity contribution in [2.45, 2.75) is 24.8 Å². The number of nitrogens with zero attached hydrogens (tertiary/aromatic N) is 2. The van der Waals surface area contributed by atoms with Crippen molar-refractivity contribution in [2.24, 2.45) is 0 Å². The first-order valence-electron chi connectivity index (χ1n) is 10.6. The highest BCUT2D eigenvalue weighted by Gasteiger charge is 2.19. The van der Waals surface area contributed by atoms with Crippen LogP contribution in [0.15, 0.2) is 77.7 Å². The van der Waals surface area contributed by atoms with Crippen LogP contribution in [0.4, 0.5) is 15.8 Å². The van der Waals surface area contributed by atoms with E-state index in [1.54, 1.807) is 35.2 Å². The summed E-state index contributed by atoms with van der Waals surface area (Å²) in [5.74, 6) is -0.612. The lowest BCUT2D eigenvalue weighted by Crippen LogP contribution is -2.32. The summed E-state index contributed by atoms with van der Waals surface area (Å²) in [6, 6.07) is 18.9. The van der Waals surface area contributed by atoms with Gasteiger partial charge in [-0.05, 0) is 66.6 Å². The molecule has 6 nitrogen and oxygen atoms in total. The molecule has 3 aromatic rings. The Morgan fingerprint density at radius 1 is 0.970 bits per heavy atom. The number of hydrogen-bond acceptors (Lipinski definition) is 4. The van der Waals surface area contributed by atoms with Crippen molar-refractivity contribution in [3.63, 3.8) is 0 Å². The molecule has 3 rings (SSSR count). The standard InChI is InChI=1S/C25H28FN3O3S/c1-4-16-29(25(30)19-10-12-21(26)13-11-19)18-20-17-22(14-15-24(20)28(2)3)27-33(31,32)23-8-6-5-7-9-23/h5-15,17,27H,4,16,18H2,1-3H3. The second kappa shape index (κ2) is 10.5. The minimum atomic E-state index is -3.74. The molecule has 0 radical (unpaired) electrons. The lowest BCUT2D eigenvalue weighted by atomic mass is 10.1. The first kappa shape index (κ1) is 24.3. The van der Waals surface area contributed by atoms with Gasteiger partial charge in [-0.1, -0.05) is 25.1 Å². The van der Waals surface area contributed by atoms with E-state index in [-0.39, 0.29) is 17.3 Å². The van der Waals surface area contributed by atoms with Gasteiger partial charge < -0.3 is 9.80 Å². The number of halogens is 1. The van der Waals surface area contributed by atoms with Gasteiger partial charge in [-0.25, -0.2) is 12.8 Å². The minimum absolute atomic E-state index is 0.169. The average molecular weight is 470 g/mol. The Kier molecular flexibility index (Phi) is 7.71. The van der Waals surface area contributed by atoms with Crippen LogP contribution in [0.5, 0.6) is 0 Å². The van der Waals surface area contributed by atoms with Crippen LogP contribution in [0.3, 0.4) is 0 Å². The van der Waals surface area contributed by atoms with Crippen LogP contribution in [0, 0.1) is 5.82 Å². The summed E-state index contributed by atoms with van der Waals surface area (Å²) in [6.45, 7) is 2.75. The molecule has 0 atom stereocenters. The van der Waals surface area contributed by atoms with E-state index in [9.17, 15) is 17.6 Å². The van der Waals surface area contributed by atoms with E-state index in [1.807, 2.05) is 32.0 Å². The molecule has 0 fully saturated rings. The van der Waals surface area contributed by atoms with Crippen LogP contribution in [-0.2, 0) is 16.6 Å². The van der Waals surface area contributed by atoms with Crippen molar-refractivity contribution in [3.8, 4) is 0 Å². The highest BCUT2D eigenvalue weighted by molar-refractivity contribution is 7.92. The number of benzene rings is 3. The van der Waals surface area contributed by atoms with Gasteiger partial charge in [-0.2, -0.15) is 0 Å². The van der Waals surface area contributed by atoms with E-state index in [4.69, 9.17) is 0 Å². The lowest BCUT2D eigenvalue weighted by molar-refractivity contribution is 0.0743. The van der Waals surface area contributed by atoms with Crippen molar-refractivity contribution in [1.29, 1.82) is 0 Å². The molecule has 0 aliphatic carbocycles. The summed E-state index contributed by atoms with van der Waals surface area (Å²) in [5.41, 5.74) is 2.46. The number of anilines is 2. The smallest absolute Gasteiger partial charge is 0.261 e. The van der Waals surface area contributed by atoms with E-state index < -0.39 is 15.8 Å². The third-order valence-corrected chi connectivity index (χ3v) is 6.50. The molecular formula is C25H28FN3O3S. The van der Waals surface area contributed by atoms with E-state index in [1.165, 1.54) is 36.4 Å². The second-order valence-corrected chi connectivity index (χ2v) is 9.57. The molecule has 0 aliphatic heterocycles. The van der Waals surface area contributed by atoms with Gasteiger partial charge in [-0.15, -0.1) is 0 Å². The van der Waals surface area contributed by atoms with E-state index in [0.29, 0.717) is 17.8 Å². The number of sulfonamides is 1. The van der Waals surface area contributed by atoms with Gasteiger partial charge in [0.05, 0.1) is 4.90 Å². The van der Waals surface area contributed by atoms with Gasteiger partial charge in [0, 0.05) is 44.1 Å². The van der Waals surface area contributed by atoms with Crippen LogP contribution in [-0.4, -0.2) is 39.9 Å². The lowest BCUT2D eigenvalue weighted by Gasteiger charge is -2.26. The molecule has 33 heavy (non-hydrogen) atoms. The van der Waals surface area contributed by atoms with Gasteiger partial charge in [0.2, 0.25) is 0 Å². The summed E-state index contributed by atoms with van der Waals surface area (Å²) in [5, 5.41) is 0. The molecule has 0 saturated heterocycles. The Morgan fingerprint density at radius 3 is 2.24 bits per heavy atom. The molecule has 3 aromatic carbocycles. The quantitative estimate of drug-likeness (QED) is 0.491. The molecule has 0 unspecified atom stereocenters. The summed E-state index contributed by atoms with van der Waals surface area (Å²) >= 11 is 0. The van der Waals surface area contributed by atoms with Crippen LogP contribution in [0.1, 0.15) is 29.3 Å². The fourth-order valence-electron chi connectivity index (χ4n) is 3.53. The fraction of sp³-hybridized carbons (Fsp3) is 0.240. The van der Waals surface area contributed by atoms with Gasteiger partial charge in [-0.3, -0.25) is 9.52 Å². The van der Waals surface area contributed by atoms with Gasteiger partial charge in [0.25, 0.3) is 15.9 Å². The maximum absolute atomic E-state index is 13.3. The molecule has 174 valence electrons. The second-order valence-electron chi connectivity index (χ2n) is 7.89. The maximum atomic E-state index is 13.3. The van der Waals surface area contributed by atoms with Crippen LogP contribution < -0.4 is 9.62 Å². The first-order chi connectivity index (χ1) is 15.7. The van der Waals surface area contributed by atoms with Gasteiger partial charge >= 0.3 is 0 Å². The molecule has 0 aromatic heterocycles. The largest absolute Gasteiger partial charge is 0.377 e. The van der Waals surface area contributed by atoms with Crippen LogP contribution in [0.2, 0.25) is 0 Å². The Bertz CT molecular complexity index is 1200. The van der Waals surface area contributed by atoms with Crippen molar-refractivity contribution < 1.29 is 17.6 Å². The minimum Gasteiger partial charge on any atom is -0.377 e. The number of carbonyl (C=O) groups excluding carboxylic acids is 1. The highest BCUT2D eigenvalue weighted by atomic mass is 32.2. The number of amides is 1. The summed E-state index contributed by atoms with van der Waals surface area (Å²) in [6.07, 6.45) is 0.741. The fourth-order valence-corrected chi connectivity index (χ4v) is 4.60. The van der Waals surface area contributed by atoms with E-state index >= 15 is 0 Å². The molecule has 0 spiro atoms. The van der Waals surface area contributed by atoms with Gasteiger partial charge in [0.15, 0.2) is 0 Å². The molecule has 0 bridgehead atoms. The SMILES string of the molecule is CCCN(Cc1cc(NS(=O)(=O)c2ccccc2)ccc1N(C)C)C(=O)c1ccc(F)cc1. The predicted molar refractivity (Wildman–Crippen MR) is 129 cm³/mol. The van der Waals surface area contributed by atoms with Crippen molar-refractivity contribution in [1.82, 2.24) is 4.90 Å². The van der Waals surface area contributed by atoms with Crippen LogP contribution >= 0.6 is 0 Å². The topological polar surface area (TPSA) is 69.7 Å². The van der Waals surface area contributed by atoms with E-state index in [0.717, 1.165) is 17.7 Å².